The lowest BCUT2D eigenvalue weighted by molar-refractivity contribution is 0.0696. The first kappa shape index (κ1) is 14.8. The topological polar surface area (TPSA) is 56.7 Å². The van der Waals surface area contributed by atoms with Crippen molar-refractivity contribution in [2.24, 2.45) is 5.92 Å². The Balaban J connectivity index is 2.11. The average molecular weight is 277 g/mol. The number of aromatic carboxylic acids is 1. The van der Waals surface area contributed by atoms with Crippen LogP contribution in [0.15, 0.2) is 12.3 Å². The van der Waals surface area contributed by atoms with Gasteiger partial charge in [0.2, 0.25) is 0 Å². The first-order chi connectivity index (χ1) is 9.49. The standard InChI is InChI=1S/C15H23N3O2/c1-11-4-7-16-14(13(11)15(19)20)18-8-5-12(6-9-18)10-17(2)3/h4,7,12H,5-6,8-10H2,1-3H3,(H,19,20). The fraction of sp³-hybridized carbons (Fsp3) is 0.600. The lowest BCUT2D eigenvalue weighted by Gasteiger charge is -2.34. The Kier molecular flexibility index (Phi) is 4.60. The van der Waals surface area contributed by atoms with Crippen LogP contribution in [0.2, 0.25) is 0 Å². The van der Waals surface area contributed by atoms with E-state index in [2.05, 4.69) is 28.9 Å². The van der Waals surface area contributed by atoms with E-state index in [-0.39, 0.29) is 0 Å². The minimum Gasteiger partial charge on any atom is -0.478 e. The van der Waals surface area contributed by atoms with E-state index >= 15 is 0 Å². The van der Waals surface area contributed by atoms with Gasteiger partial charge in [0.1, 0.15) is 11.4 Å². The molecule has 0 aliphatic carbocycles. The molecule has 0 unspecified atom stereocenters. The van der Waals surface area contributed by atoms with E-state index in [0.29, 0.717) is 17.3 Å². The van der Waals surface area contributed by atoms with E-state index in [1.165, 1.54) is 0 Å². The summed E-state index contributed by atoms with van der Waals surface area (Å²) in [6.45, 7) is 4.69. The van der Waals surface area contributed by atoms with Crippen molar-refractivity contribution in [2.45, 2.75) is 19.8 Å². The Bertz CT molecular complexity index is 480. The maximum absolute atomic E-state index is 11.4. The zero-order valence-corrected chi connectivity index (χ0v) is 12.5. The molecule has 1 saturated heterocycles. The van der Waals surface area contributed by atoms with Gasteiger partial charge in [0, 0.05) is 25.8 Å². The van der Waals surface area contributed by atoms with Gasteiger partial charge in [-0.15, -0.1) is 0 Å². The summed E-state index contributed by atoms with van der Waals surface area (Å²) >= 11 is 0. The van der Waals surface area contributed by atoms with Gasteiger partial charge in [0.05, 0.1) is 0 Å². The maximum Gasteiger partial charge on any atom is 0.339 e. The third-order valence-electron chi connectivity index (χ3n) is 3.89. The Morgan fingerprint density at radius 3 is 2.65 bits per heavy atom. The molecule has 1 aromatic rings. The summed E-state index contributed by atoms with van der Waals surface area (Å²) in [6.07, 6.45) is 3.88. The fourth-order valence-corrected chi connectivity index (χ4v) is 2.89. The lowest BCUT2D eigenvalue weighted by atomic mass is 9.96. The van der Waals surface area contributed by atoms with Crippen molar-refractivity contribution in [3.05, 3.63) is 23.4 Å². The van der Waals surface area contributed by atoms with Crippen molar-refractivity contribution in [1.29, 1.82) is 0 Å². The minimum absolute atomic E-state index is 0.346. The SMILES string of the molecule is Cc1ccnc(N2CCC(CN(C)C)CC2)c1C(=O)O. The molecule has 1 N–H and O–H groups in total. The average Bonchev–Trinajstić information content (AvgIpc) is 2.38. The highest BCUT2D eigenvalue weighted by Crippen LogP contribution is 2.26. The number of carbonyl (C=O) groups is 1. The Labute approximate surface area is 120 Å². The van der Waals surface area contributed by atoms with Crippen LogP contribution in [0.5, 0.6) is 0 Å². The maximum atomic E-state index is 11.4. The Morgan fingerprint density at radius 1 is 1.45 bits per heavy atom. The van der Waals surface area contributed by atoms with Crippen LogP contribution in [-0.2, 0) is 0 Å². The van der Waals surface area contributed by atoms with E-state index in [0.717, 1.165) is 38.0 Å². The van der Waals surface area contributed by atoms with Crippen molar-refractivity contribution in [2.75, 3.05) is 38.6 Å². The van der Waals surface area contributed by atoms with E-state index < -0.39 is 5.97 Å². The summed E-state index contributed by atoms with van der Waals surface area (Å²) in [5, 5.41) is 9.37. The second-order valence-corrected chi connectivity index (χ2v) is 5.82. The quantitative estimate of drug-likeness (QED) is 0.910. The molecule has 5 nitrogen and oxygen atoms in total. The third-order valence-corrected chi connectivity index (χ3v) is 3.89. The molecule has 0 saturated carbocycles. The summed E-state index contributed by atoms with van der Waals surface area (Å²) in [7, 11) is 4.19. The second kappa shape index (κ2) is 6.22. The van der Waals surface area contributed by atoms with E-state index in [1.54, 1.807) is 12.3 Å². The number of carboxylic acids is 1. The van der Waals surface area contributed by atoms with E-state index in [9.17, 15) is 9.90 Å². The summed E-state index contributed by atoms with van der Waals surface area (Å²) in [5.74, 6) is 0.432. The fourth-order valence-electron chi connectivity index (χ4n) is 2.89. The van der Waals surface area contributed by atoms with Gasteiger partial charge in [-0.25, -0.2) is 9.78 Å². The largest absolute Gasteiger partial charge is 0.478 e. The molecule has 20 heavy (non-hydrogen) atoms. The number of nitrogens with zero attached hydrogens (tertiary/aromatic N) is 3. The summed E-state index contributed by atoms with van der Waals surface area (Å²) < 4.78 is 0. The van der Waals surface area contributed by atoms with Gasteiger partial charge in [0.15, 0.2) is 0 Å². The third kappa shape index (κ3) is 3.28. The molecule has 1 aliphatic heterocycles. The van der Waals surface area contributed by atoms with Crippen LogP contribution in [0.25, 0.3) is 0 Å². The molecular weight excluding hydrogens is 254 g/mol. The van der Waals surface area contributed by atoms with Crippen molar-refractivity contribution in [1.82, 2.24) is 9.88 Å². The second-order valence-electron chi connectivity index (χ2n) is 5.82. The highest BCUT2D eigenvalue weighted by Gasteiger charge is 2.24. The number of aryl methyl sites for hydroxylation is 1. The van der Waals surface area contributed by atoms with Gasteiger partial charge in [0.25, 0.3) is 0 Å². The number of aromatic nitrogens is 1. The predicted molar refractivity (Wildman–Crippen MR) is 79.4 cm³/mol. The van der Waals surface area contributed by atoms with Gasteiger partial charge in [-0.1, -0.05) is 0 Å². The number of carboxylic acid groups (broad SMARTS) is 1. The van der Waals surface area contributed by atoms with Crippen LogP contribution in [0.3, 0.4) is 0 Å². The van der Waals surface area contributed by atoms with Crippen LogP contribution in [0.4, 0.5) is 5.82 Å². The molecule has 2 heterocycles. The normalized spacial score (nSPS) is 16.7. The number of hydrogen-bond acceptors (Lipinski definition) is 4. The highest BCUT2D eigenvalue weighted by molar-refractivity contribution is 5.94. The number of rotatable bonds is 4. The van der Waals surface area contributed by atoms with Gasteiger partial charge in [-0.3, -0.25) is 0 Å². The lowest BCUT2D eigenvalue weighted by Crippen LogP contribution is -2.38. The van der Waals surface area contributed by atoms with Crippen LogP contribution < -0.4 is 4.90 Å². The molecule has 0 spiro atoms. The molecule has 1 fully saturated rings. The molecule has 0 aromatic carbocycles. The molecule has 5 heteroatoms. The molecule has 0 bridgehead atoms. The zero-order valence-electron chi connectivity index (χ0n) is 12.5. The predicted octanol–water partition coefficient (Wildman–Crippen LogP) is 1.87. The minimum atomic E-state index is -0.888. The van der Waals surface area contributed by atoms with E-state index in [4.69, 9.17) is 0 Å². The molecule has 1 aliphatic rings. The highest BCUT2D eigenvalue weighted by atomic mass is 16.4. The van der Waals surface area contributed by atoms with Crippen molar-refractivity contribution in [3.63, 3.8) is 0 Å². The smallest absolute Gasteiger partial charge is 0.339 e. The molecule has 0 radical (unpaired) electrons. The zero-order chi connectivity index (χ0) is 14.7. The Hall–Kier alpha value is -1.62. The molecule has 110 valence electrons. The van der Waals surface area contributed by atoms with Crippen LogP contribution >= 0.6 is 0 Å². The molecule has 1 aromatic heterocycles. The molecule has 2 rings (SSSR count). The van der Waals surface area contributed by atoms with Crippen molar-refractivity contribution in [3.8, 4) is 0 Å². The van der Waals surface area contributed by atoms with Gasteiger partial charge in [-0.2, -0.15) is 0 Å². The van der Waals surface area contributed by atoms with Crippen LogP contribution in [0, 0.1) is 12.8 Å². The van der Waals surface area contributed by atoms with Gasteiger partial charge in [-0.05, 0) is 51.4 Å². The number of piperidine rings is 1. The molecule has 0 atom stereocenters. The molecular formula is C15H23N3O2. The monoisotopic (exact) mass is 277 g/mol. The summed E-state index contributed by atoms with van der Waals surface area (Å²) in [6, 6.07) is 1.76. The molecule has 0 amide bonds. The number of pyridine rings is 1. The first-order valence-electron chi connectivity index (χ1n) is 7.07. The van der Waals surface area contributed by atoms with Crippen LogP contribution in [-0.4, -0.2) is 54.7 Å². The van der Waals surface area contributed by atoms with Gasteiger partial charge >= 0.3 is 5.97 Å². The first-order valence-corrected chi connectivity index (χ1v) is 7.07. The summed E-state index contributed by atoms with van der Waals surface area (Å²) in [4.78, 5) is 20.1. The Morgan fingerprint density at radius 2 is 2.10 bits per heavy atom. The van der Waals surface area contributed by atoms with Gasteiger partial charge < -0.3 is 14.9 Å². The van der Waals surface area contributed by atoms with Crippen molar-refractivity contribution >= 4 is 11.8 Å². The summed E-state index contributed by atoms with van der Waals surface area (Å²) in [5.41, 5.74) is 1.12. The number of anilines is 1. The van der Waals surface area contributed by atoms with E-state index in [1.807, 2.05) is 6.92 Å². The van der Waals surface area contributed by atoms with Crippen molar-refractivity contribution < 1.29 is 9.90 Å². The van der Waals surface area contributed by atoms with Crippen LogP contribution in [0.1, 0.15) is 28.8 Å². The number of hydrogen-bond donors (Lipinski definition) is 1.